The fourth-order valence-electron chi connectivity index (χ4n) is 1.62. The van der Waals surface area contributed by atoms with Crippen molar-refractivity contribution in [2.24, 2.45) is 5.92 Å². The molecule has 1 aromatic rings. The van der Waals surface area contributed by atoms with Crippen molar-refractivity contribution in [1.29, 1.82) is 0 Å². The fraction of sp³-hybridized carbons (Fsp3) is 0.727. The van der Waals surface area contributed by atoms with Gasteiger partial charge in [-0.1, -0.05) is 6.92 Å². The average molecular weight is 227 g/mol. The number of nitrogens with one attached hydrogen (secondary N) is 2. The molecule has 0 fully saturated rings. The molecule has 86 valence electrons. The third kappa shape index (κ3) is 3.87. The normalized spacial score (nSPS) is 13.1. The van der Waals surface area contributed by atoms with Gasteiger partial charge in [-0.25, -0.2) is 0 Å². The van der Waals surface area contributed by atoms with Gasteiger partial charge in [0.2, 0.25) is 0 Å². The number of thioether (sulfide) groups is 1. The van der Waals surface area contributed by atoms with E-state index in [-0.39, 0.29) is 0 Å². The van der Waals surface area contributed by atoms with E-state index in [2.05, 4.69) is 35.6 Å². The predicted molar refractivity (Wildman–Crippen MR) is 67.3 cm³/mol. The van der Waals surface area contributed by atoms with E-state index in [1.165, 1.54) is 17.0 Å². The number of rotatable bonds is 6. The highest BCUT2D eigenvalue weighted by Gasteiger charge is 2.06. The van der Waals surface area contributed by atoms with Gasteiger partial charge in [-0.15, -0.1) is 0 Å². The molecule has 3 nitrogen and oxygen atoms in total. The third-order valence-electron chi connectivity index (χ3n) is 2.53. The SMILES string of the molecule is CSCC(C)CNCc1c(C)n[nH]c1C. The lowest BCUT2D eigenvalue weighted by Crippen LogP contribution is -2.22. The lowest BCUT2D eigenvalue weighted by atomic mass is 10.2. The fourth-order valence-corrected chi connectivity index (χ4v) is 2.31. The average Bonchev–Trinajstić information content (AvgIpc) is 2.49. The number of hydrogen-bond acceptors (Lipinski definition) is 3. The van der Waals surface area contributed by atoms with Crippen molar-refractivity contribution in [3.05, 3.63) is 17.0 Å². The molecule has 0 radical (unpaired) electrons. The largest absolute Gasteiger partial charge is 0.312 e. The molecule has 0 bridgehead atoms. The van der Waals surface area contributed by atoms with E-state index in [0.29, 0.717) is 0 Å². The summed E-state index contributed by atoms with van der Waals surface area (Å²) in [5.41, 5.74) is 3.60. The van der Waals surface area contributed by atoms with Crippen LogP contribution in [-0.2, 0) is 6.54 Å². The molecular formula is C11H21N3S. The van der Waals surface area contributed by atoms with Gasteiger partial charge >= 0.3 is 0 Å². The Kier molecular flexibility index (Phi) is 5.19. The molecule has 0 aliphatic carbocycles. The molecule has 1 aromatic heterocycles. The molecule has 1 unspecified atom stereocenters. The monoisotopic (exact) mass is 227 g/mol. The Morgan fingerprint density at radius 1 is 1.47 bits per heavy atom. The number of nitrogens with zero attached hydrogens (tertiary/aromatic N) is 1. The number of H-pyrrole nitrogens is 1. The van der Waals surface area contributed by atoms with Crippen molar-refractivity contribution in [2.75, 3.05) is 18.6 Å². The van der Waals surface area contributed by atoms with Gasteiger partial charge in [0.15, 0.2) is 0 Å². The van der Waals surface area contributed by atoms with E-state index in [9.17, 15) is 0 Å². The van der Waals surface area contributed by atoms with Crippen LogP contribution in [-0.4, -0.2) is 28.8 Å². The minimum Gasteiger partial charge on any atom is -0.312 e. The quantitative estimate of drug-likeness (QED) is 0.782. The van der Waals surface area contributed by atoms with Gasteiger partial charge in [0.1, 0.15) is 0 Å². The Morgan fingerprint density at radius 2 is 2.20 bits per heavy atom. The Balaban J connectivity index is 2.31. The molecule has 0 spiro atoms. The zero-order valence-electron chi connectivity index (χ0n) is 10.1. The lowest BCUT2D eigenvalue weighted by molar-refractivity contribution is 0.558. The van der Waals surface area contributed by atoms with E-state index in [4.69, 9.17) is 0 Å². The van der Waals surface area contributed by atoms with Crippen LogP contribution in [0.15, 0.2) is 0 Å². The highest BCUT2D eigenvalue weighted by atomic mass is 32.2. The number of aryl methyl sites for hydroxylation is 2. The Hall–Kier alpha value is -0.480. The summed E-state index contributed by atoms with van der Waals surface area (Å²) in [6.45, 7) is 8.39. The van der Waals surface area contributed by atoms with E-state index in [0.717, 1.165) is 24.7 Å². The molecule has 0 amide bonds. The van der Waals surface area contributed by atoms with Gasteiger partial charge in [-0.3, -0.25) is 5.10 Å². The second-order valence-electron chi connectivity index (χ2n) is 4.10. The van der Waals surface area contributed by atoms with Crippen LogP contribution >= 0.6 is 11.8 Å². The summed E-state index contributed by atoms with van der Waals surface area (Å²) >= 11 is 1.91. The molecular weight excluding hydrogens is 206 g/mol. The predicted octanol–water partition coefficient (Wildman–Crippen LogP) is 2.12. The Labute approximate surface area is 96.4 Å². The van der Waals surface area contributed by atoms with Crippen molar-refractivity contribution in [3.8, 4) is 0 Å². The molecule has 4 heteroatoms. The highest BCUT2D eigenvalue weighted by molar-refractivity contribution is 7.98. The van der Waals surface area contributed by atoms with Crippen molar-refractivity contribution >= 4 is 11.8 Å². The van der Waals surface area contributed by atoms with Crippen LogP contribution < -0.4 is 5.32 Å². The van der Waals surface area contributed by atoms with Gasteiger partial charge in [0.25, 0.3) is 0 Å². The maximum absolute atomic E-state index is 4.18. The lowest BCUT2D eigenvalue weighted by Gasteiger charge is -2.11. The minimum absolute atomic E-state index is 0.729. The number of hydrogen-bond donors (Lipinski definition) is 2. The molecule has 0 aromatic carbocycles. The van der Waals surface area contributed by atoms with Gasteiger partial charge in [0.05, 0.1) is 5.69 Å². The summed E-state index contributed by atoms with van der Waals surface area (Å²) in [5.74, 6) is 1.95. The van der Waals surface area contributed by atoms with Crippen LogP contribution in [0.3, 0.4) is 0 Å². The maximum Gasteiger partial charge on any atom is 0.0638 e. The van der Waals surface area contributed by atoms with E-state index in [1.807, 2.05) is 18.7 Å². The van der Waals surface area contributed by atoms with Gasteiger partial charge < -0.3 is 5.32 Å². The Morgan fingerprint density at radius 3 is 2.73 bits per heavy atom. The second kappa shape index (κ2) is 6.18. The zero-order chi connectivity index (χ0) is 11.3. The van der Waals surface area contributed by atoms with E-state index >= 15 is 0 Å². The first-order chi connectivity index (χ1) is 7.15. The van der Waals surface area contributed by atoms with E-state index in [1.54, 1.807) is 0 Å². The van der Waals surface area contributed by atoms with Crippen LogP contribution in [0.4, 0.5) is 0 Å². The first-order valence-corrected chi connectivity index (χ1v) is 6.74. The number of aromatic nitrogens is 2. The summed E-state index contributed by atoms with van der Waals surface area (Å²) in [6, 6.07) is 0. The molecule has 15 heavy (non-hydrogen) atoms. The topological polar surface area (TPSA) is 40.7 Å². The highest BCUT2D eigenvalue weighted by Crippen LogP contribution is 2.09. The van der Waals surface area contributed by atoms with E-state index < -0.39 is 0 Å². The first-order valence-electron chi connectivity index (χ1n) is 5.35. The van der Waals surface area contributed by atoms with Crippen molar-refractivity contribution < 1.29 is 0 Å². The van der Waals surface area contributed by atoms with Gasteiger partial charge in [-0.2, -0.15) is 16.9 Å². The van der Waals surface area contributed by atoms with Crippen LogP contribution in [0.5, 0.6) is 0 Å². The van der Waals surface area contributed by atoms with Crippen molar-refractivity contribution in [2.45, 2.75) is 27.3 Å². The molecule has 1 atom stereocenters. The minimum atomic E-state index is 0.729. The Bertz CT molecular complexity index is 277. The van der Waals surface area contributed by atoms with Gasteiger partial charge in [0, 0.05) is 17.8 Å². The summed E-state index contributed by atoms with van der Waals surface area (Å²) in [6.07, 6.45) is 2.15. The first kappa shape index (κ1) is 12.6. The summed E-state index contributed by atoms with van der Waals surface area (Å²) < 4.78 is 0. The molecule has 2 N–H and O–H groups in total. The third-order valence-corrected chi connectivity index (χ3v) is 3.43. The van der Waals surface area contributed by atoms with Gasteiger partial charge in [-0.05, 0) is 38.3 Å². The van der Waals surface area contributed by atoms with Crippen molar-refractivity contribution in [1.82, 2.24) is 15.5 Å². The smallest absolute Gasteiger partial charge is 0.0638 e. The summed E-state index contributed by atoms with van der Waals surface area (Å²) in [7, 11) is 0. The molecule has 1 heterocycles. The second-order valence-corrected chi connectivity index (χ2v) is 5.01. The standard InChI is InChI=1S/C11H21N3S/c1-8(7-15-4)5-12-6-11-9(2)13-14-10(11)3/h8,12H,5-7H2,1-4H3,(H,13,14). The van der Waals surface area contributed by atoms with Crippen LogP contribution in [0.25, 0.3) is 0 Å². The molecule has 0 aliphatic heterocycles. The molecule has 0 saturated heterocycles. The molecule has 0 aliphatic rings. The molecule has 0 saturated carbocycles. The summed E-state index contributed by atoms with van der Waals surface area (Å²) in [5, 5.41) is 10.7. The zero-order valence-corrected chi connectivity index (χ0v) is 10.9. The van der Waals surface area contributed by atoms with Crippen LogP contribution in [0, 0.1) is 19.8 Å². The maximum atomic E-state index is 4.18. The van der Waals surface area contributed by atoms with Crippen LogP contribution in [0.2, 0.25) is 0 Å². The van der Waals surface area contributed by atoms with Crippen LogP contribution in [0.1, 0.15) is 23.9 Å². The van der Waals surface area contributed by atoms with Crippen molar-refractivity contribution in [3.63, 3.8) is 0 Å². The molecule has 1 rings (SSSR count). The summed E-state index contributed by atoms with van der Waals surface area (Å²) in [4.78, 5) is 0. The number of aromatic amines is 1.